The Morgan fingerprint density at radius 2 is 2.03 bits per heavy atom. The van der Waals surface area contributed by atoms with E-state index in [9.17, 15) is 14.7 Å². The molecule has 0 aliphatic carbocycles. The molecule has 0 saturated carbocycles. The van der Waals surface area contributed by atoms with Crippen LogP contribution in [0.5, 0.6) is 11.5 Å². The second-order valence-electron chi connectivity index (χ2n) is 7.41. The number of nitrogens with zero attached hydrogens (tertiary/aromatic N) is 2. The fraction of sp³-hybridized carbons (Fsp3) is 0.208. The molecule has 3 aromatic rings. The minimum atomic E-state index is -0.712. The third-order valence-corrected chi connectivity index (χ3v) is 7.11. The fourth-order valence-corrected chi connectivity index (χ4v) is 5.37. The van der Waals surface area contributed by atoms with E-state index in [2.05, 4.69) is 20.9 Å². The lowest BCUT2D eigenvalue weighted by Crippen LogP contribution is -2.39. The smallest absolute Gasteiger partial charge is 0.338 e. The Labute approximate surface area is 212 Å². The van der Waals surface area contributed by atoms with E-state index >= 15 is 0 Å². The number of fused-ring (bicyclic) bond motifs is 1. The van der Waals surface area contributed by atoms with Gasteiger partial charge in [-0.2, -0.15) is 0 Å². The number of hydrogen-bond donors (Lipinski definition) is 1. The summed E-state index contributed by atoms with van der Waals surface area (Å²) >= 11 is 10.6. The molecule has 1 aromatic heterocycles. The summed E-state index contributed by atoms with van der Waals surface area (Å²) in [6.45, 7) is 3.66. The molecule has 1 unspecified atom stereocenters. The molecule has 4 rings (SSSR count). The van der Waals surface area contributed by atoms with Crippen molar-refractivity contribution in [2.45, 2.75) is 19.9 Å². The van der Waals surface area contributed by atoms with E-state index in [0.717, 1.165) is 0 Å². The number of ether oxygens (including phenoxy) is 2. The molecule has 2 aromatic carbocycles. The number of allylic oxidation sites excluding steroid dienone is 1. The van der Waals surface area contributed by atoms with Crippen LogP contribution >= 0.6 is 38.9 Å². The predicted octanol–water partition coefficient (Wildman–Crippen LogP) is 3.93. The lowest BCUT2D eigenvalue weighted by molar-refractivity contribution is -0.139. The number of halogens is 2. The van der Waals surface area contributed by atoms with Gasteiger partial charge in [-0.15, -0.1) is 0 Å². The quantitative estimate of drug-likeness (QED) is 0.475. The number of thiazole rings is 1. The van der Waals surface area contributed by atoms with E-state index in [0.29, 0.717) is 41.2 Å². The molecular weight excluding hydrogens is 544 g/mol. The number of aromatic nitrogens is 1. The Morgan fingerprint density at radius 1 is 1.32 bits per heavy atom. The van der Waals surface area contributed by atoms with Crippen LogP contribution in [0.25, 0.3) is 6.08 Å². The van der Waals surface area contributed by atoms with Gasteiger partial charge in [-0.05, 0) is 71.2 Å². The van der Waals surface area contributed by atoms with Crippen molar-refractivity contribution >= 4 is 50.9 Å². The molecule has 0 bridgehead atoms. The minimum absolute atomic E-state index is 0.0291. The number of carbonyl (C=O) groups excluding carboxylic acids is 1. The summed E-state index contributed by atoms with van der Waals surface area (Å²) in [5.41, 5.74) is 1.85. The van der Waals surface area contributed by atoms with Gasteiger partial charge >= 0.3 is 5.97 Å². The van der Waals surface area contributed by atoms with E-state index in [1.165, 1.54) is 23.0 Å². The van der Waals surface area contributed by atoms with Crippen LogP contribution in [0.2, 0.25) is 5.02 Å². The van der Waals surface area contributed by atoms with Crippen molar-refractivity contribution in [2.75, 3.05) is 13.7 Å². The summed E-state index contributed by atoms with van der Waals surface area (Å²) in [5, 5.41) is 10.6. The third kappa shape index (κ3) is 4.43. The van der Waals surface area contributed by atoms with Crippen molar-refractivity contribution in [3.05, 3.63) is 88.0 Å². The number of esters is 1. The normalized spacial score (nSPS) is 15.7. The summed E-state index contributed by atoms with van der Waals surface area (Å²) in [6.07, 6.45) is 1.69. The van der Waals surface area contributed by atoms with E-state index in [-0.39, 0.29) is 23.7 Å². The lowest BCUT2D eigenvalue weighted by Gasteiger charge is -2.24. The molecule has 0 fully saturated rings. The molecule has 0 amide bonds. The SMILES string of the molecule is CCOC(=O)C1=C(C)N=c2sc(=Cc3cc(Br)c(O)c(OC)c3)c(=O)n2C1c1ccc(Cl)cc1. The number of benzene rings is 2. The maximum absolute atomic E-state index is 13.6. The van der Waals surface area contributed by atoms with Crippen molar-refractivity contribution in [1.82, 2.24) is 4.57 Å². The summed E-state index contributed by atoms with van der Waals surface area (Å²) in [6, 6.07) is 9.59. The molecule has 2 heterocycles. The van der Waals surface area contributed by atoms with Crippen LogP contribution in [-0.2, 0) is 9.53 Å². The molecule has 1 aliphatic rings. The molecule has 1 N–H and O–H groups in total. The fourth-order valence-electron chi connectivity index (χ4n) is 3.74. The lowest BCUT2D eigenvalue weighted by atomic mass is 9.96. The van der Waals surface area contributed by atoms with Crippen molar-refractivity contribution < 1.29 is 19.4 Å². The molecule has 0 saturated heterocycles. The topological polar surface area (TPSA) is 90.1 Å². The summed E-state index contributed by atoms with van der Waals surface area (Å²) < 4.78 is 12.9. The maximum atomic E-state index is 13.6. The van der Waals surface area contributed by atoms with Crippen LogP contribution in [0.1, 0.15) is 31.0 Å². The largest absolute Gasteiger partial charge is 0.503 e. The zero-order chi connectivity index (χ0) is 24.6. The number of methoxy groups -OCH3 is 1. The zero-order valence-corrected chi connectivity index (χ0v) is 21.6. The molecule has 0 spiro atoms. The van der Waals surface area contributed by atoms with E-state index in [1.807, 2.05) is 0 Å². The van der Waals surface area contributed by atoms with Crippen LogP contribution in [0.3, 0.4) is 0 Å². The zero-order valence-electron chi connectivity index (χ0n) is 18.5. The van der Waals surface area contributed by atoms with Crippen LogP contribution in [0, 0.1) is 0 Å². The Morgan fingerprint density at radius 3 is 2.68 bits per heavy atom. The highest BCUT2D eigenvalue weighted by Gasteiger charge is 2.33. The number of phenolic OH excluding ortho intramolecular Hbond substituents is 1. The Bertz CT molecular complexity index is 1490. The number of carbonyl (C=O) groups is 1. The first kappa shape index (κ1) is 24.3. The first-order valence-corrected chi connectivity index (χ1v) is 12.3. The average Bonchev–Trinajstić information content (AvgIpc) is 3.10. The van der Waals surface area contributed by atoms with Crippen LogP contribution in [0.15, 0.2) is 61.9 Å². The average molecular weight is 564 g/mol. The molecule has 10 heteroatoms. The second-order valence-corrected chi connectivity index (χ2v) is 9.71. The molecule has 7 nitrogen and oxygen atoms in total. The molecule has 34 heavy (non-hydrogen) atoms. The van der Waals surface area contributed by atoms with Crippen LogP contribution < -0.4 is 19.6 Å². The first-order chi connectivity index (χ1) is 16.2. The summed E-state index contributed by atoms with van der Waals surface area (Å²) in [5.74, 6) is -0.281. The minimum Gasteiger partial charge on any atom is -0.503 e. The van der Waals surface area contributed by atoms with Crippen LogP contribution in [-0.4, -0.2) is 29.4 Å². The highest BCUT2D eigenvalue weighted by molar-refractivity contribution is 9.10. The van der Waals surface area contributed by atoms with Gasteiger partial charge in [0, 0.05) is 5.02 Å². The number of phenols is 1. The van der Waals surface area contributed by atoms with Crippen molar-refractivity contribution in [3.63, 3.8) is 0 Å². The van der Waals surface area contributed by atoms with Gasteiger partial charge in [-0.3, -0.25) is 9.36 Å². The number of rotatable bonds is 5. The van der Waals surface area contributed by atoms with E-state index in [4.69, 9.17) is 21.1 Å². The van der Waals surface area contributed by atoms with Crippen LogP contribution in [0.4, 0.5) is 0 Å². The molecule has 0 radical (unpaired) electrons. The van der Waals surface area contributed by atoms with Crippen molar-refractivity contribution in [1.29, 1.82) is 0 Å². The first-order valence-electron chi connectivity index (χ1n) is 10.3. The Hall–Kier alpha value is -2.88. The molecular formula is C24H20BrClN2O5S. The predicted molar refractivity (Wildman–Crippen MR) is 134 cm³/mol. The Kier molecular flexibility index (Phi) is 6.97. The Balaban J connectivity index is 1.95. The van der Waals surface area contributed by atoms with Gasteiger partial charge in [-0.1, -0.05) is 35.1 Å². The van der Waals surface area contributed by atoms with E-state index < -0.39 is 12.0 Å². The summed E-state index contributed by atoms with van der Waals surface area (Å²) in [7, 11) is 1.45. The number of hydrogen-bond acceptors (Lipinski definition) is 7. The van der Waals surface area contributed by atoms with Crippen molar-refractivity contribution in [3.8, 4) is 11.5 Å². The number of aromatic hydroxyl groups is 1. The van der Waals surface area contributed by atoms with Gasteiger partial charge in [0.2, 0.25) is 0 Å². The van der Waals surface area contributed by atoms with E-state index in [1.54, 1.807) is 56.3 Å². The highest BCUT2D eigenvalue weighted by Crippen LogP contribution is 2.35. The van der Waals surface area contributed by atoms with Gasteiger partial charge in [0.05, 0.1) is 40.0 Å². The second kappa shape index (κ2) is 9.77. The maximum Gasteiger partial charge on any atom is 0.338 e. The van der Waals surface area contributed by atoms with Gasteiger partial charge < -0.3 is 14.6 Å². The third-order valence-electron chi connectivity index (χ3n) is 5.27. The van der Waals surface area contributed by atoms with Crippen molar-refractivity contribution in [2.24, 2.45) is 4.99 Å². The summed E-state index contributed by atoms with van der Waals surface area (Å²) in [4.78, 5) is 31.5. The molecule has 176 valence electrons. The highest BCUT2D eigenvalue weighted by atomic mass is 79.9. The standard InChI is InChI=1S/C24H20BrClN2O5S/c1-4-33-23(31)19-12(2)27-24-28(20(19)14-5-7-15(26)8-6-14)22(30)18(34-24)11-13-9-16(25)21(29)17(10-13)32-3/h5-11,20,29H,4H2,1-3H3. The monoisotopic (exact) mass is 562 g/mol. The van der Waals surface area contributed by atoms with Gasteiger partial charge in [-0.25, -0.2) is 9.79 Å². The molecule has 1 aliphatic heterocycles. The van der Waals surface area contributed by atoms with Gasteiger partial charge in [0.15, 0.2) is 16.3 Å². The van der Waals surface area contributed by atoms with Gasteiger partial charge in [0.1, 0.15) is 0 Å². The molecule has 1 atom stereocenters. The van der Waals surface area contributed by atoms with Gasteiger partial charge in [0.25, 0.3) is 5.56 Å².